The minimum Gasteiger partial charge on any atom is -0.341 e. The summed E-state index contributed by atoms with van der Waals surface area (Å²) in [4.78, 5) is 14.4. The summed E-state index contributed by atoms with van der Waals surface area (Å²) < 4.78 is 1.86. The molecule has 5 nitrogen and oxygen atoms in total. The van der Waals surface area contributed by atoms with Crippen molar-refractivity contribution in [2.24, 2.45) is 5.92 Å². The van der Waals surface area contributed by atoms with Crippen LogP contribution >= 0.6 is 0 Å². The molecule has 1 aromatic heterocycles. The molecule has 2 unspecified atom stereocenters. The van der Waals surface area contributed by atoms with Crippen molar-refractivity contribution in [1.29, 1.82) is 0 Å². The summed E-state index contributed by atoms with van der Waals surface area (Å²) in [6, 6.07) is 11.3. The largest absolute Gasteiger partial charge is 0.341 e. The summed E-state index contributed by atoms with van der Waals surface area (Å²) in [7, 11) is 1.90. The highest BCUT2D eigenvalue weighted by Crippen LogP contribution is 2.33. The Bertz CT molecular complexity index is 714. The van der Waals surface area contributed by atoms with Gasteiger partial charge in [0.2, 0.25) is 5.91 Å². The van der Waals surface area contributed by atoms with Crippen molar-refractivity contribution in [3.8, 4) is 5.69 Å². The maximum atomic E-state index is 12.6. The number of nitrogens with zero attached hydrogens (tertiary/aromatic N) is 3. The predicted octanol–water partition coefficient (Wildman–Crippen LogP) is 2.75. The number of para-hydroxylation sites is 1. The lowest BCUT2D eigenvalue weighted by Crippen LogP contribution is -2.39. The van der Waals surface area contributed by atoms with Gasteiger partial charge in [-0.25, -0.2) is 4.68 Å². The Labute approximate surface area is 149 Å². The Kier molecular flexibility index (Phi) is 4.57. The third-order valence-electron chi connectivity index (χ3n) is 5.54. The van der Waals surface area contributed by atoms with E-state index in [1.165, 1.54) is 12.8 Å². The van der Waals surface area contributed by atoms with Gasteiger partial charge in [-0.3, -0.25) is 4.79 Å². The van der Waals surface area contributed by atoms with E-state index in [0.29, 0.717) is 31.0 Å². The maximum Gasteiger partial charge on any atom is 0.222 e. The van der Waals surface area contributed by atoms with E-state index in [2.05, 4.69) is 10.4 Å². The first-order chi connectivity index (χ1) is 12.2. The minimum atomic E-state index is 0.249. The van der Waals surface area contributed by atoms with Crippen LogP contribution in [0.2, 0.25) is 0 Å². The van der Waals surface area contributed by atoms with Crippen LogP contribution in [0, 0.1) is 5.92 Å². The van der Waals surface area contributed by atoms with E-state index in [1.807, 2.05) is 59.4 Å². The van der Waals surface area contributed by atoms with Gasteiger partial charge in [0.05, 0.1) is 11.9 Å². The van der Waals surface area contributed by atoms with Crippen molar-refractivity contribution >= 4 is 5.91 Å². The average molecular weight is 338 g/mol. The summed E-state index contributed by atoms with van der Waals surface area (Å²) in [5.41, 5.74) is 2.10. The van der Waals surface area contributed by atoms with Crippen LogP contribution < -0.4 is 5.32 Å². The fourth-order valence-corrected chi connectivity index (χ4v) is 4.27. The molecule has 1 N–H and O–H groups in total. The number of carbonyl (C=O) groups excluding carboxylic acids is 1. The second-order valence-electron chi connectivity index (χ2n) is 7.56. The number of piperidine rings is 1. The molecule has 0 radical (unpaired) electrons. The molecule has 1 aromatic carbocycles. The fraction of sp³-hybridized carbons (Fsp3) is 0.500. The summed E-state index contributed by atoms with van der Waals surface area (Å²) in [6.45, 7) is 0.615. The lowest BCUT2D eigenvalue weighted by Gasteiger charge is -2.29. The molecule has 0 saturated carbocycles. The topological polar surface area (TPSA) is 50.2 Å². The van der Waals surface area contributed by atoms with E-state index in [-0.39, 0.29) is 5.91 Å². The predicted molar refractivity (Wildman–Crippen MR) is 97.3 cm³/mol. The smallest absolute Gasteiger partial charge is 0.222 e. The first-order valence-corrected chi connectivity index (χ1v) is 9.26. The Morgan fingerprint density at radius 3 is 2.68 bits per heavy atom. The zero-order valence-electron chi connectivity index (χ0n) is 14.8. The molecule has 4 rings (SSSR count). The zero-order valence-corrected chi connectivity index (χ0v) is 14.8. The van der Waals surface area contributed by atoms with Crippen molar-refractivity contribution < 1.29 is 4.79 Å². The summed E-state index contributed by atoms with van der Waals surface area (Å²) >= 11 is 0. The molecule has 2 aliphatic heterocycles. The number of benzene rings is 1. The quantitative estimate of drug-likeness (QED) is 0.912. The molecule has 1 amide bonds. The third-order valence-corrected chi connectivity index (χ3v) is 5.54. The molecule has 2 atom stereocenters. The van der Waals surface area contributed by atoms with Crippen molar-refractivity contribution in [3.63, 3.8) is 0 Å². The van der Waals surface area contributed by atoms with Gasteiger partial charge in [-0.1, -0.05) is 18.2 Å². The number of rotatable bonds is 5. The van der Waals surface area contributed by atoms with Crippen molar-refractivity contribution in [2.75, 3.05) is 7.05 Å². The lowest BCUT2D eigenvalue weighted by atomic mass is 9.89. The normalized spacial score (nSPS) is 25.1. The molecule has 2 saturated heterocycles. The van der Waals surface area contributed by atoms with Gasteiger partial charge in [0.25, 0.3) is 0 Å². The van der Waals surface area contributed by atoms with Gasteiger partial charge in [0.15, 0.2) is 0 Å². The molecule has 2 aromatic rings. The van der Waals surface area contributed by atoms with Crippen LogP contribution in [0.1, 0.15) is 37.7 Å². The second kappa shape index (κ2) is 7.00. The Balaban J connectivity index is 1.33. The number of carbonyl (C=O) groups is 1. The summed E-state index contributed by atoms with van der Waals surface area (Å²) in [5.74, 6) is 0.791. The average Bonchev–Trinajstić information content (AvgIpc) is 3.22. The zero-order chi connectivity index (χ0) is 17.2. The number of hydrogen-bond acceptors (Lipinski definition) is 3. The Morgan fingerprint density at radius 2 is 1.96 bits per heavy atom. The van der Waals surface area contributed by atoms with Gasteiger partial charge < -0.3 is 10.2 Å². The van der Waals surface area contributed by atoms with Crippen LogP contribution in [0.25, 0.3) is 5.69 Å². The van der Waals surface area contributed by atoms with Crippen LogP contribution in [-0.4, -0.2) is 39.7 Å². The highest BCUT2D eigenvalue weighted by molar-refractivity contribution is 5.76. The number of hydrogen-bond donors (Lipinski definition) is 1. The minimum absolute atomic E-state index is 0.249. The monoisotopic (exact) mass is 338 g/mol. The van der Waals surface area contributed by atoms with Gasteiger partial charge in [0.1, 0.15) is 0 Å². The number of amides is 1. The molecule has 0 spiro atoms. The molecule has 0 aliphatic carbocycles. The van der Waals surface area contributed by atoms with E-state index in [0.717, 1.165) is 24.1 Å². The molecule has 2 aliphatic rings. The highest BCUT2D eigenvalue weighted by atomic mass is 16.2. The van der Waals surface area contributed by atoms with Crippen LogP contribution in [0.3, 0.4) is 0 Å². The molecular formula is C20H26N4O. The van der Waals surface area contributed by atoms with Crippen molar-refractivity contribution in [3.05, 3.63) is 48.3 Å². The van der Waals surface area contributed by atoms with Crippen LogP contribution in [0.4, 0.5) is 0 Å². The fourth-order valence-electron chi connectivity index (χ4n) is 4.27. The van der Waals surface area contributed by atoms with Gasteiger partial charge in [0, 0.05) is 43.9 Å². The van der Waals surface area contributed by atoms with Crippen molar-refractivity contribution in [1.82, 2.24) is 20.0 Å². The molecule has 2 bridgehead atoms. The molecule has 25 heavy (non-hydrogen) atoms. The van der Waals surface area contributed by atoms with Crippen LogP contribution in [0.15, 0.2) is 42.7 Å². The lowest BCUT2D eigenvalue weighted by molar-refractivity contribution is -0.131. The Morgan fingerprint density at radius 1 is 1.24 bits per heavy atom. The maximum absolute atomic E-state index is 12.6. The van der Waals surface area contributed by atoms with E-state index in [9.17, 15) is 4.79 Å². The first-order valence-electron chi connectivity index (χ1n) is 9.26. The van der Waals surface area contributed by atoms with Gasteiger partial charge in [-0.15, -0.1) is 0 Å². The van der Waals surface area contributed by atoms with E-state index in [1.54, 1.807) is 0 Å². The molecule has 2 fully saturated rings. The number of aromatic nitrogens is 2. The van der Waals surface area contributed by atoms with Gasteiger partial charge >= 0.3 is 0 Å². The van der Waals surface area contributed by atoms with Crippen LogP contribution in [0.5, 0.6) is 0 Å². The highest BCUT2D eigenvalue weighted by Gasteiger charge is 2.34. The second-order valence-corrected chi connectivity index (χ2v) is 7.56. The summed E-state index contributed by atoms with van der Waals surface area (Å²) in [5, 5.41) is 8.06. The standard InChI is InChI=1S/C20H26N4O/c1-23(20(25)11-15-9-17-7-8-18(10-15)22-17)13-16-12-21-24(14-16)19-5-3-2-4-6-19/h2-6,12,14-15,17-18,22H,7-11,13H2,1H3. The van der Waals surface area contributed by atoms with Crippen molar-refractivity contribution in [2.45, 2.75) is 50.7 Å². The number of nitrogens with one attached hydrogen (secondary N) is 1. The van der Waals surface area contributed by atoms with Gasteiger partial charge in [-0.2, -0.15) is 5.10 Å². The molecule has 132 valence electrons. The molecule has 3 heterocycles. The van der Waals surface area contributed by atoms with Gasteiger partial charge in [-0.05, 0) is 43.7 Å². The third kappa shape index (κ3) is 3.76. The van der Waals surface area contributed by atoms with E-state index < -0.39 is 0 Å². The Hall–Kier alpha value is -2.14. The molecule has 5 heteroatoms. The van der Waals surface area contributed by atoms with E-state index >= 15 is 0 Å². The SMILES string of the molecule is CN(Cc1cnn(-c2ccccc2)c1)C(=O)CC1CC2CCC(C1)N2. The first kappa shape index (κ1) is 16.3. The number of fused-ring (bicyclic) bond motifs is 2. The van der Waals surface area contributed by atoms with E-state index in [4.69, 9.17) is 0 Å². The summed E-state index contributed by atoms with van der Waals surface area (Å²) in [6.07, 6.45) is 9.40. The van der Waals surface area contributed by atoms with Crippen LogP contribution in [-0.2, 0) is 11.3 Å². The molecular weight excluding hydrogens is 312 g/mol.